The lowest BCUT2D eigenvalue weighted by atomic mass is 10.2. The second-order valence-electron chi connectivity index (χ2n) is 2.60. The molecule has 1 amide bonds. The van der Waals surface area contributed by atoms with Crippen molar-refractivity contribution in [3.63, 3.8) is 0 Å². The van der Waals surface area contributed by atoms with E-state index >= 15 is 0 Å². The first kappa shape index (κ1) is 10.7. The third-order valence-electron chi connectivity index (χ3n) is 1.48. The van der Waals surface area contributed by atoms with E-state index in [1.54, 1.807) is 0 Å². The van der Waals surface area contributed by atoms with E-state index < -0.39 is 11.9 Å². The maximum absolute atomic E-state index is 11.0. The minimum absolute atomic E-state index is 0.0113. The monoisotopic (exact) mass is 204 g/mol. The predicted octanol–water partition coefficient (Wildman–Crippen LogP) is 0.742. The minimum Gasteiger partial charge on any atom is -0.478 e. The van der Waals surface area contributed by atoms with Crippen LogP contribution in [-0.2, 0) is 4.79 Å². The molecule has 0 aliphatic heterocycles. The molecule has 76 valence electrons. The molecule has 0 saturated carbocycles. The van der Waals surface area contributed by atoms with Crippen LogP contribution in [-0.4, -0.2) is 22.0 Å². The van der Waals surface area contributed by atoms with E-state index in [2.05, 4.69) is 22.1 Å². The molecule has 1 heterocycles. The molecule has 15 heavy (non-hydrogen) atoms. The van der Waals surface area contributed by atoms with Gasteiger partial charge < -0.3 is 10.4 Å². The van der Waals surface area contributed by atoms with Gasteiger partial charge in [0.25, 0.3) is 5.91 Å². The van der Waals surface area contributed by atoms with Gasteiger partial charge in [0, 0.05) is 6.20 Å². The van der Waals surface area contributed by atoms with Crippen LogP contribution in [0.3, 0.4) is 0 Å². The van der Waals surface area contributed by atoms with Crippen molar-refractivity contribution < 1.29 is 14.7 Å². The Balaban J connectivity index is 2.85. The maximum Gasteiger partial charge on any atom is 0.337 e. The lowest BCUT2D eigenvalue weighted by Gasteiger charge is -2.00. The van der Waals surface area contributed by atoms with Crippen LogP contribution < -0.4 is 5.32 Å². The zero-order valence-electron chi connectivity index (χ0n) is 7.94. The fourth-order valence-electron chi connectivity index (χ4n) is 0.901. The SMILES string of the molecule is CC#CC(=O)Nc1cncc(C(=O)O)c1. The molecule has 0 spiro atoms. The fraction of sp³-hybridized carbons (Fsp3) is 0.100. The number of hydrogen-bond acceptors (Lipinski definition) is 3. The second-order valence-corrected chi connectivity index (χ2v) is 2.60. The number of carbonyl (C=O) groups is 2. The highest BCUT2D eigenvalue weighted by Crippen LogP contribution is 2.07. The quantitative estimate of drug-likeness (QED) is 0.696. The van der Waals surface area contributed by atoms with E-state index in [0.29, 0.717) is 5.69 Å². The summed E-state index contributed by atoms with van der Waals surface area (Å²) in [5.41, 5.74) is 0.319. The summed E-state index contributed by atoms with van der Waals surface area (Å²) in [6, 6.07) is 1.31. The van der Waals surface area contributed by atoms with Gasteiger partial charge in [-0.25, -0.2) is 4.79 Å². The van der Waals surface area contributed by atoms with Gasteiger partial charge in [0.15, 0.2) is 0 Å². The van der Waals surface area contributed by atoms with Crippen LogP contribution in [0.5, 0.6) is 0 Å². The van der Waals surface area contributed by atoms with Gasteiger partial charge in [-0.3, -0.25) is 9.78 Å². The average Bonchev–Trinajstić information content (AvgIpc) is 2.18. The number of anilines is 1. The molecule has 0 aliphatic carbocycles. The lowest BCUT2D eigenvalue weighted by molar-refractivity contribution is -0.111. The Bertz CT molecular complexity index is 457. The normalized spacial score (nSPS) is 8.60. The molecular formula is C10H8N2O3. The van der Waals surface area contributed by atoms with Crippen molar-refractivity contribution >= 4 is 17.6 Å². The Hall–Kier alpha value is -2.35. The number of hydrogen-bond donors (Lipinski definition) is 2. The van der Waals surface area contributed by atoms with Crippen molar-refractivity contribution in [1.82, 2.24) is 4.98 Å². The van der Waals surface area contributed by atoms with Crippen LogP contribution in [0.4, 0.5) is 5.69 Å². The molecule has 0 saturated heterocycles. The standard InChI is InChI=1S/C10H8N2O3/c1-2-3-9(13)12-8-4-7(10(14)15)5-11-6-8/h4-6H,1H3,(H,12,13)(H,14,15). The van der Waals surface area contributed by atoms with E-state index in [-0.39, 0.29) is 5.56 Å². The molecule has 0 fully saturated rings. The van der Waals surface area contributed by atoms with Gasteiger partial charge in [0.1, 0.15) is 0 Å². The highest BCUT2D eigenvalue weighted by Gasteiger charge is 2.05. The van der Waals surface area contributed by atoms with Gasteiger partial charge in [0.2, 0.25) is 0 Å². The molecular weight excluding hydrogens is 196 g/mol. The van der Waals surface area contributed by atoms with Crippen molar-refractivity contribution in [1.29, 1.82) is 0 Å². The van der Waals surface area contributed by atoms with Crippen molar-refractivity contribution in [2.24, 2.45) is 0 Å². The Morgan fingerprint density at radius 2 is 2.20 bits per heavy atom. The molecule has 0 radical (unpaired) electrons. The van der Waals surface area contributed by atoms with Crippen molar-refractivity contribution in [3.05, 3.63) is 24.0 Å². The zero-order valence-corrected chi connectivity index (χ0v) is 7.94. The van der Waals surface area contributed by atoms with Crippen molar-refractivity contribution in [2.75, 3.05) is 5.32 Å². The number of pyridine rings is 1. The third-order valence-corrected chi connectivity index (χ3v) is 1.48. The van der Waals surface area contributed by atoms with Gasteiger partial charge in [-0.05, 0) is 18.9 Å². The van der Waals surface area contributed by atoms with Crippen molar-refractivity contribution in [3.8, 4) is 11.8 Å². The number of aromatic carboxylic acids is 1. The largest absolute Gasteiger partial charge is 0.478 e. The smallest absolute Gasteiger partial charge is 0.337 e. The molecule has 0 atom stereocenters. The number of rotatable bonds is 2. The lowest BCUT2D eigenvalue weighted by Crippen LogP contribution is -2.09. The summed E-state index contributed by atoms with van der Waals surface area (Å²) in [4.78, 5) is 25.3. The van der Waals surface area contributed by atoms with Crippen LogP contribution in [0.25, 0.3) is 0 Å². The van der Waals surface area contributed by atoms with E-state index in [9.17, 15) is 9.59 Å². The van der Waals surface area contributed by atoms with E-state index in [4.69, 9.17) is 5.11 Å². The maximum atomic E-state index is 11.0. The highest BCUT2D eigenvalue weighted by atomic mass is 16.4. The third kappa shape index (κ3) is 3.12. The Labute approximate surface area is 86.1 Å². The molecule has 1 aromatic rings. The van der Waals surface area contributed by atoms with E-state index in [1.165, 1.54) is 25.4 Å². The summed E-state index contributed by atoms with van der Waals surface area (Å²) in [6.07, 6.45) is 2.55. The van der Waals surface area contributed by atoms with Crippen LogP contribution in [0.2, 0.25) is 0 Å². The molecule has 2 N–H and O–H groups in total. The number of nitrogens with one attached hydrogen (secondary N) is 1. The predicted molar refractivity (Wildman–Crippen MR) is 53.3 cm³/mol. The Morgan fingerprint density at radius 1 is 1.47 bits per heavy atom. The first-order valence-corrected chi connectivity index (χ1v) is 4.05. The average molecular weight is 204 g/mol. The molecule has 5 heteroatoms. The number of carbonyl (C=O) groups excluding carboxylic acids is 1. The molecule has 0 bridgehead atoms. The topological polar surface area (TPSA) is 79.3 Å². The fourth-order valence-corrected chi connectivity index (χ4v) is 0.901. The Morgan fingerprint density at radius 3 is 2.80 bits per heavy atom. The van der Waals surface area contributed by atoms with Crippen LogP contribution in [0, 0.1) is 11.8 Å². The number of amides is 1. The zero-order chi connectivity index (χ0) is 11.3. The number of nitrogens with zero attached hydrogens (tertiary/aromatic N) is 1. The summed E-state index contributed by atoms with van der Waals surface area (Å²) in [5, 5.41) is 11.1. The molecule has 1 rings (SSSR count). The summed E-state index contributed by atoms with van der Waals surface area (Å²) in [6.45, 7) is 1.53. The van der Waals surface area contributed by atoms with Gasteiger partial charge in [0.05, 0.1) is 17.4 Å². The van der Waals surface area contributed by atoms with Crippen LogP contribution in [0.15, 0.2) is 18.5 Å². The summed E-state index contributed by atoms with van der Waals surface area (Å²) in [7, 11) is 0. The summed E-state index contributed by atoms with van der Waals surface area (Å²) >= 11 is 0. The number of carboxylic acids is 1. The van der Waals surface area contributed by atoms with Crippen LogP contribution in [0.1, 0.15) is 17.3 Å². The number of aromatic nitrogens is 1. The number of carboxylic acid groups (broad SMARTS) is 1. The molecule has 0 unspecified atom stereocenters. The Kier molecular flexibility index (Phi) is 3.41. The highest BCUT2D eigenvalue weighted by molar-refractivity contribution is 6.04. The summed E-state index contributed by atoms with van der Waals surface area (Å²) in [5.74, 6) is 3.10. The molecule has 1 aromatic heterocycles. The van der Waals surface area contributed by atoms with Crippen LogP contribution >= 0.6 is 0 Å². The van der Waals surface area contributed by atoms with Gasteiger partial charge in [-0.1, -0.05) is 5.92 Å². The van der Waals surface area contributed by atoms with Crippen molar-refractivity contribution in [2.45, 2.75) is 6.92 Å². The molecule has 0 aromatic carbocycles. The summed E-state index contributed by atoms with van der Waals surface area (Å²) < 4.78 is 0. The van der Waals surface area contributed by atoms with Gasteiger partial charge in [-0.15, -0.1) is 0 Å². The van der Waals surface area contributed by atoms with Gasteiger partial charge >= 0.3 is 5.97 Å². The van der Waals surface area contributed by atoms with E-state index in [0.717, 1.165) is 0 Å². The first-order chi connectivity index (χ1) is 7.13. The second kappa shape index (κ2) is 4.77. The van der Waals surface area contributed by atoms with E-state index in [1.807, 2.05) is 0 Å². The van der Waals surface area contributed by atoms with Gasteiger partial charge in [-0.2, -0.15) is 0 Å². The molecule has 5 nitrogen and oxygen atoms in total. The first-order valence-electron chi connectivity index (χ1n) is 4.05. The molecule has 0 aliphatic rings. The minimum atomic E-state index is -1.10.